The van der Waals surface area contributed by atoms with E-state index in [1.807, 2.05) is 6.07 Å². The number of rotatable bonds is 4. The number of fused-ring (bicyclic) bond motifs is 5. The first-order chi connectivity index (χ1) is 14.5. The van der Waals surface area contributed by atoms with Crippen LogP contribution in [0.25, 0.3) is 0 Å². The molecule has 4 saturated carbocycles. The Hall–Kier alpha value is -1.23. The first-order valence-electron chi connectivity index (χ1n) is 13.0. The topological polar surface area (TPSA) is 17.8 Å². The molecular weight excluding hydrogens is 364 g/mol. The van der Waals surface area contributed by atoms with Gasteiger partial charge in [-0.1, -0.05) is 27.2 Å². The predicted octanol–water partition coefficient (Wildman–Crippen LogP) is 6.94. The first kappa shape index (κ1) is 20.7. The zero-order valence-electron chi connectivity index (χ0n) is 19.6. The Morgan fingerprint density at radius 1 is 1.07 bits per heavy atom. The monoisotopic (exact) mass is 406 g/mol. The van der Waals surface area contributed by atoms with Crippen molar-refractivity contribution in [3.8, 4) is 12.3 Å². The van der Waals surface area contributed by atoms with Crippen molar-refractivity contribution in [2.75, 3.05) is 0 Å². The average molecular weight is 407 g/mol. The van der Waals surface area contributed by atoms with Crippen LogP contribution >= 0.6 is 0 Å². The van der Waals surface area contributed by atoms with Crippen LogP contribution in [0.5, 0.6) is 0 Å². The van der Waals surface area contributed by atoms with Gasteiger partial charge in [0.2, 0.25) is 0 Å². The summed E-state index contributed by atoms with van der Waals surface area (Å²) in [6.45, 7) is 8.69. The van der Waals surface area contributed by atoms with Crippen LogP contribution in [0.2, 0.25) is 0 Å². The maximum atomic E-state index is 5.50. The molecule has 1 aromatic rings. The zero-order chi connectivity index (χ0) is 20.9. The Balaban J connectivity index is 1.26. The van der Waals surface area contributed by atoms with Crippen LogP contribution < -0.4 is 0 Å². The van der Waals surface area contributed by atoms with Gasteiger partial charge in [-0.3, -0.25) is 4.68 Å². The normalized spacial score (nSPS) is 45.3. The van der Waals surface area contributed by atoms with Gasteiger partial charge in [0.15, 0.2) is 0 Å². The Morgan fingerprint density at radius 3 is 2.67 bits per heavy atom. The van der Waals surface area contributed by atoms with Gasteiger partial charge in [-0.2, -0.15) is 5.10 Å². The van der Waals surface area contributed by atoms with Crippen molar-refractivity contribution in [3.63, 3.8) is 0 Å². The third-order valence-electron chi connectivity index (χ3n) is 10.9. The molecule has 4 fully saturated rings. The van der Waals surface area contributed by atoms with Gasteiger partial charge in [0, 0.05) is 12.7 Å². The SMILES string of the molecule is C#Cc1ccn(CCC2CCC3C4CCC5C[C@@](C)(CC)CCC5C4CCC23C)n1. The van der Waals surface area contributed by atoms with Gasteiger partial charge in [0.05, 0.1) is 0 Å². The molecule has 0 radical (unpaired) electrons. The highest BCUT2D eigenvalue weighted by atomic mass is 15.3. The summed E-state index contributed by atoms with van der Waals surface area (Å²) in [4.78, 5) is 0. The number of aromatic nitrogens is 2. The summed E-state index contributed by atoms with van der Waals surface area (Å²) in [6, 6.07) is 1.97. The molecule has 0 spiro atoms. The number of aryl methyl sites for hydroxylation is 1. The Kier molecular flexibility index (Phi) is 5.32. The van der Waals surface area contributed by atoms with E-state index in [0.717, 1.165) is 47.7 Å². The molecule has 0 amide bonds. The minimum absolute atomic E-state index is 0.572. The number of hydrogen-bond acceptors (Lipinski definition) is 1. The molecule has 0 N–H and O–H groups in total. The Morgan fingerprint density at radius 2 is 1.90 bits per heavy atom. The van der Waals surface area contributed by atoms with Crippen LogP contribution in [0.4, 0.5) is 0 Å². The second-order valence-corrected chi connectivity index (χ2v) is 12.1. The van der Waals surface area contributed by atoms with E-state index in [1.54, 1.807) is 0 Å². The van der Waals surface area contributed by atoms with E-state index in [-0.39, 0.29) is 0 Å². The fourth-order valence-corrected chi connectivity index (χ4v) is 8.94. The number of terminal acetylenes is 1. The summed E-state index contributed by atoms with van der Waals surface area (Å²) in [5, 5.41) is 4.53. The van der Waals surface area contributed by atoms with Gasteiger partial charge in [0.1, 0.15) is 5.69 Å². The molecule has 0 bridgehead atoms. The summed E-state index contributed by atoms with van der Waals surface area (Å²) in [5.41, 5.74) is 1.99. The second-order valence-electron chi connectivity index (χ2n) is 12.1. The van der Waals surface area contributed by atoms with Crippen LogP contribution in [-0.4, -0.2) is 9.78 Å². The quantitative estimate of drug-likeness (QED) is 0.495. The summed E-state index contributed by atoms with van der Waals surface area (Å²) in [7, 11) is 0. The maximum Gasteiger partial charge on any atom is 0.134 e. The van der Waals surface area contributed by atoms with Crippen LogP contribution in [0.3, 0.4) is 0 Å². The summed E-state index contributed by atoms with van der Waals surface area (Å²) in [5.74, 6) is 8.68. The van der Waals surface area contributed by atoms with Crippen LogP contribution in [0.15, 0.2) is 12.3 Å². The van der Waals surface area contributed by atoms with Crippen LogP contribution in [0.1, 0.15) is 97.1 Å². The molecule has 164 valence electrons. The van der Waals surface area contributed by atoms with Gasteiger partial charge in [-0.15, -0.1) is 6.42 Å². The second kappa shape index (κ2) is 7.72. The molecule has 2 heteroatoms. The fraction of sp³-hybridized carbons (Fsp3) is 0.821. The van der Waals surface area contributed by atoms with Gasteiger partial charge in [-0.05, 0) is 123 Å². The molecule has 4 aliphatic carbocycles. The van der Waals surface area contributed by atoms with Crippen molar-refractivity contribution < 1.29 is 0 Å². The Labute approximate surface area is 184 Å². The molecule has 0 aliphatic heterocycles. The smallest absolute Gasteiger partial charge is 0.134 e. The zero-order valence-corrected chi connectivity index (χ0v) is 19.6. The highest BCUT2D eigenvalue weighted by molar-refractivity contribution is 5.21. The van der Waals surface area contributed by atoms with E-state index in [1.165, 1.54) is 70.6 Å². The number of nitrogens with zero attached hydrogens (tertiary/aromatic N) is 2. The lowest BCUT2D eigenvalue weighted by molar-refractivity contribution is -0.0792. The molecule has 1 heterocycles. The van der Waals surface area contributed by atoms with Crippen molar-refractivity contribution >= 4 is 0 Å². The minimum atomic E-state index is 0.572. The molecule has 0 saturated heterocycles. The van der Waals surface area contributed by atoms with Crippen molar-refractivity contribution in [1.29, 1.82) is 0 Å². The molecule has 0 aromatic carbocycles. The van der Waals surface area contributed by atoms with Crippen molar-refractivity contribution in [2.45, 2.75) is 97.9 Å². The lowest BCUT2D eigenvalue weighted by Gasteiger charge is -2.57. The van der Waals surface area contributed by atoms with E-state index in [9.17, 15) is 0 Å². The van der Waals surface area contributed by atoms with Gasteiger partial charge in [0.25, 0.3) is 0 Å². The average Bonchev–Trinajstić information content (AvgIpc) is 3.35. The fourth-order valence-electron chi connectivity index (χ4n) is 8.94. The van der Waals surface area contributed by atoms with Crippen LogP contribution in [-0.2, 0) is 6.54 Å². The standard InChI is InChI=1S/C28H42N2/c1-5-22-14-18-30(29-22)17-13-21-8-10-26-25-9-7-20-19-27(3,6-2)15-11-23(20)24(25)12-16-28(21,26)4/h1,14,18,20-21,23-26H,6-13,15-17,19H2,2-4H3/t20?,21?,23?,24?,25?,26?,27-,28?/m0/s1. The molecule has 2 nitrogen and oxygen atoms in total. The molecule has 1 aromatic heterocycles. The molecule has 7 unspecified atom stereocenters. The van der Waals surface area contributed by atoms with Gasteiger partial charge < -0.3 is 0 Å². The van der Waals surface area contributed by atoms with E-state index in [0.29, 0.717) is 10.8 Å². The molecule has 5 rings (SSSR count). The van der Waals surface area contributed by atoms with Crippen molar-refractivity contribution in [2.24, 2.45) is 46.3 Å². The largest absolute Gasteiger partial charge is 0.271 e. The highest BCUT2D eigenvalue weighted by Crippen LogP contribution is 2.65. The van der Waals surface area contributed by atoms with E-state index in [2.05, 4.69) is 42.7 Å². The maximum absolute atomic E-state index is 5.50. The third-order valence-corrected chi connectivity index (χ3v) is 10.9. The molecule has 4 aliphatic rings. The third kappa shape index (κ3) is 3.36. The van der Waals surface area contributed by atoms with Crippen LogP contribution in [0, 0.1) is 58.7 Å². The van der Waals surface area contributed by atoms with Gasteiger partial charge >= 0.3 is 0 Å². The molecular formula is C28H42N2. The Bertz CT molecular complexity index is 802. The highest BCUT2D eigenvalue weighted by Gasteiger charge is 2.57. The number of hydrogen-bond donors (Lipinski definition) is 0. The first-order valence-corrected chi connectivity index (χ1v) is 13.0. The van der Waals surface area contributed by atoms with E-state index in [4.69, 9.17) is 6.42 Å². The van der Waals surface area contributed by atoms with E-state index < -0.39 is 0 Å². The van der Waals surface area contributed by atoms with Crippen molar-refractivity contribution in [3.05, 3.63) is 18.0 Å². The van der Waals surface area contributed by atoms with Gasteiger partial charge in [-0.25, -0.2) is 0 Å². The predicted molar refractivity (Wildman–Crippen MR) is 124 cm³/mol. The lowest BCUT2D eigenvalue weighted by Crippen LogP contribution is -2.49. The summed E-state index contributed by atoms with van der Waals surface area (Å²) in [6.07, 6.45) is 23.7. The van der Waals surface area contributed by atoms with Crippen molar-refractivity contribution in [1.82, 2.24) is 9.78 Å². The minimum Gasteiger partial charge on any atom is -0.271 e. The van der Waals surface area contributed by atoms with E-state index >= 15 is 0 Å². The summed E-state index contributed by atoms with van der Waals surface area (Å²) >= 11 is 0. The molecule has 8 atom stereocenters. The lowest BCUT2D eigenvalue weighted by atomic mass is 9.48. The summed E-state index contributed by atoms with van der Waals surface area (Å²) < 4.78 is 2.08. The molecule has 30 heavy (non-hydrogen) atoms.